The van der Waals surface area contributed by atoms with Gasteiger partial charge in [0.25, 0.3) is 0 Å². The summed E-state index contributed by atoms with van der Waals surface area (Å²) in [4.78, 5) is 24.8. The molecule has 6 heteroatoms. The maximum absolute atomic E-state index is 12.5. The molecule has 0 heterocycles. The van der Waals surface area contributed by atoms with Crippen molar-refractivity contribution in [1.29, 1.82) is 0 Å². The number of esters is 1. The van der Waals surface area contributed by atoms with Gasteiger partial charge >= 0.3 is 12.1 Å². The third-order valence-corrected chi connectivity index (χ3v) is 5.22. The first kappa shape index (κ1) is 21.8. The highest BCUT2D eigenvalue weighted by molar-refractivity contribution is 5.82. The molecule has 0 saturated heterocycles. The van der Waals surface area contributed by atoms with E-state index in [1.165, 1.54) is 11.1 Å². The van der Waals surface area contributed by atoms with Gasteiger partial charge in [-0.2, -0.15) is 0 Å². The number of ether oxygens (including phenoxy) is 2. The van der Waals surface area contributed by atoms with Crippen LogP contribution in [0.15, 0.2) is 48.5 Å². The van der Waals surface area contributed by atoms with Crippen LogP contribution in [0.1, 0.15) is 50.2 Å². The molecule has 0 bridgehead atoms. The number of hydrogen-bond acceptors (Lipinski definition) is 5. The van der Waals surface area contributed by atoms with Crippen LogP contribution in [-0.2, 0) is 14.3 Å². The smallest absolute Gasteiger partial charge is 0.407 e. The lowest BCUT2D eigenvalue weighted by molar-refractivity contribution is -0.150. The molecule has 160 valence electrons. The molecular formula is C24H30N2O4. The molecule has 2 aromatic carbocycles. The molecule has 1 amide bonds. The van der Waals surface area contributed by atoms with Crippen LogP contribution in [0, 0.1) is 0 Å². The van der Waals surface area contributed by atoms with Gasteiger partial charge in [-0.05, 0) is 61.9 Å². The molecule has 1 atom stereocenters. The van der Waals surface area contributed by atoms with E-state index in [0.29, 0.717) is 13.0 Å². The van der Waals surface area contributed by atoms with E-state index in [1.807, 2.05) is 24.3 Å². The quantitative estimate of drug-likeness (QED) is 0.482. The van der Waals surface area contributed by atoms with Gasteiger partial charge in [-0.3, -0.25) is 0 Å². The van der Waals surface area contributed by atoms with Crippen molar-refractivity contribution >= 4 is 12.1 Å². The van der Waals surface area contributed by atoms with Crippen molar-refractivity contribution in [2.24, 2.45) is 5.73 Å². The van der Waals surface area contributed by atoms with Gasteiger partial charge < -0.3 is 20.5 Å². The number of carbonyl (C=O) groups is 2. The zero-order valence-corrected chi connectivity index (χ0v) is 17.6. The van der Waals surface area contributed by atoms with Crippen molar-refractivity contribution in [3.05, 3.63) is 59.7 Å². The molecule has 1 aliphatic rings. The zero-order valence-electron chi connectivity index (χ0n) is 17.6. The number of alkyl carbamates (subject to hydrolysis) is 1. The summed E-state index contributed by atoms with van der Waals surface area (Å²) in [6.07, 6.45) is 1.09. The summed E-state index contributed by atoms with van der Waals surface area (Å²) in [7, 11) is 0. The second kappa shape index (κ2) is 10.3. The standard InChI is InChI=1S/C24H30N2O4/c1-16(2)30-23(27)22(13-7-8-14-25)26-24(28)29-15-21-19-11-5-3-9-17(19)18-10-4-6-12-20(18)21/h3-6,9-12,16,21-22H,7-8,13-15,25H2,1-2H3,(H,26,28). The van der Waals surface area contributed by atoms with Crippen molar-refractivity contribution in [1.82, 2.24) is 5.32 Å². The van der Waals surface area contributed by atoms with Crippen LogP contribution in [0.25, 0.3) is 11.1 Å². The molecule has 3 rings (SSSR count). The SMILES string of the molecule is CC(C)OC(=O)C(CCCCN)NC(=O)OCC1c2ccccc2-c2ccccc21. The zero-order chi connectivity index (χ0) is 21.5. The molecule has 1 aliphatic carbocycles. The van der Waals surface area contributed by atoms with Crippen LogP contribution in [0.3, 0.4) is 0 Å². The second-order valence-electron chi connectivity index (χ2n) is 7.79. The molecule has 30 heavy (non-hydrogen) atoms. The highest BCUT2D eigenvalue weighted by atomic mass is 16.6. The van der Waals surface area contributed by atoms with E-state index in [-0.39, 0.29) is 18.6 Å². The normalized spacial score (nSPS) is 13.5. The fraction of sp³-hybridized carbons (Fsp3) is 0.417. The van der Waals surface area contributed by atoms with Gasteiger partial charge in [-0.1, -0.05) is 48.5 Å². The first-order valence-electron chi connectivity index (χ1n) is 10.5. The molecule has 0 spiro atoms. The lowest BCUT2D eigenvalue weighted by Gasteiger charge is -2.20. The summed E-state index contributed by atoms with van der Waals surface area (Å²) in [6, 6.07) is 15.6. The average Bonchev–Trinajstić information content (AvgIpc) is 3.05. The number of unbranched alkanes of at least 4 members (excludes halogenated alkanes) is 1. The molecular weight excluding hydrogens is 380 g/mol. The number of benzene rings is 2. The molecule has 0 aromatic heterocycles. The fourth-order valence-corrected chi connectivity index (χ4v) is 3.84. The lowest BCUT2D eigenvalue weighted by atomic mass is 9.98. The van der Waals surface area contributed by atoms with E-state index in [4.69, 9.17) is 15.2 Å². The largest absolute Gasteiger partial charge is 0.461 e. The summed E-state index contributed by atoms with van der Waals surface area (Å²) in [5.41, 5.74) is 10.2. The van der Waals surface area contributed by atoms with Gasteiger partial charge in [0.15, 0.2) is 0 Å². The average molecular weight is 411 g/mol. The molecule has 0 aliphatic heterocycles. The first-order valence-corrected chi connectivity index (χ1v) is 10.5. The van der Waals surface area contributed by atoms with Crippen molar-refractivity contribution in [2.75, 3.05) is 13.2 Å². The summed E-state index contributed by atoms with van der Waals surface area (Å²) < 4.78 is 10.8. The van der Waals surface area contributed by atoms with Crippen LogP contribution in [0.4, 0.5) is 4.79 Å². The molecule has 2 aromatic rings. The number of nitrogens with two attached hydrogens (primary N) is 1. The van der Waals surface area contributed by atoms with Gasteiger partial charge in [0.1, 0.15) is 12.6 Å². The van der Waals surface area contributed by atoms with Gasteiger partial charge in [0.05, 0.1) is 6.10 Å². The van der Waals surface area contributed by atoms with Gasteiger partial charge in [-0.25, -0.2) is 9.59 Å². The molecule has 0 saturated carbocycles. The van der Waals surface area contributed by atoms with Gasteiger partial charge in [0.2, 0.25) is 0 Å². The van der Waals surface area contributed by atoms with Crippen molar-refractivity contribution in [3.8, 4) is 11.1 Å². The summed E-state index contributed by atoms with van der Waals surface area (Å²) in [5.74, 6) is -0.475. The maximum Gasteiger partial charge on any atom is 0.407 e. The third-order valence-electron chi connectivity index (χ3n) is 5.22. The Labute approximate surface area is 177 Å². The number of rotatable bonds is 9. The molecule has 0 radical (unpaired) electrons. The molecule has 6 nitrogen and oxygen atoms in total. The highest BCUT2D eigenvalue weighted by Gasteiger charge is 2.30. The van der Waals surface area contributed by atoms with E-state index >= 15 is 0 Å². The summed E-state index contributed by atoms with van der Waals surface area (Å²) in [5, 5.41) is 2.68. The van der Waals surface area contributed by atoms with Crippen LogP contribution < -0.4 is 11.1 Å². The Morgan fingerprint density at radius 2 is 1.60 bits per heavy atom. The molecule has 1 unspecified atom stereocenters. The predicted octanol–water partition coefficient (Wildman–Crippen LogP) is 3.97. The molecule has 3 N–H and O–H groups in total. The first-order chi connectivity index (χ1) is 14.5. The van der Waals surface area contributed by atoms with Crippen LogP contribution in [0.2, 0.25) is 0 Å². The summed E-state index contributed by atoms with van der Waals surface area (Å²) in [6.45, 7) is 4.30. The Bertz CT molecular complexity index is 836. The predicted molar refractivity (Wildman–Crippen MR) is 116 cm³/mol. The number of nitrogens with one attached hydrogen (secondary N) is 1. The lowest BCUT2D eigenvalue weighted by Crippen LogP contribution is -2.43. The minimum absolute atomic E-state index is 0.0264. The topological polar surface area (TPSA) is 90.6 Å². The fourth-order valence-electron chi connectivity index (χ4n) is 3.84. The van der Waals surface area contributed by atoms with Crippen molar-refractivity contribution < 1.29 is 19.1 Å². The third kappa shape index (κ3) is 5.19. The monoisotopic (exact) mass is 410 g/mol. The van der Waals surface area contributed by atoms with E-state index < -0.39 is 18.1 Å². The van der Waals surface area contributed by atoms with E-state index in [0.717, 1.165) is 24.0 Å². The number of hydrogen-bond donors (Lipinski definition) is 2. The van der Waals surface area contributed by atoms with E-state index in [1.54, 1.807) is 13.8 Å². The van der Waals surface area contributed by atoms with E-state index in [2.05, 4.69) is 29.6 Å². The van der Waals surface area contributed by atoms with Crippen molar-refractivity contribution in [3.63, 3.8) is 0 Å². The van der Waals surface area contributed by atoms with Crippen molar-refractivity contribution in [2.45, 2.75) is 51.2 Å². The van der Waals surface area contributed by atoms with Gasteiger partial charge in [0, 0.05) is 5.92 Å². The summed E-state index contributed by atoms with van der Waals surface area (Å²) >= 11 is 0. The van der Waals surface area contributed by atoms with E-state index in [9.17, 15) is 9.59 Å². The Kier molecular flexibility index (Phi) is 7.46. The minimum atomic E-state index is -0.741. The van der Waals surface area contributed by atoms with Crippen LogP contribution in [0.5, 0.6) is 0 Å². The Hall–Kier alpha value is -2.86. The number of fused-ring (bicyclic) bond motifs is 3. The number of carbonyl (C=O) groups excluding carboxylic acids is 2. The maximum atomic E-state index is 12.5. The Morgan fingerprint density at radius 3 is 2.17 bits per heavy atom. The molecule has 0 fully saturated rings. The number of amides is 1. The van der Waals surface area contributed by atoms with Gasteiger partial charge in [-0.15, -0.1) is 0 Å². The van der Waals surface area contributed by atoms with Crippen LogP contribution in [-0.4, -0.2) is 37.4 Å². The Morgan fingerprint density at radius 1 is 1.00 bits per heavy atom. The van der Waals surface area contributed by atoms with Crippen LogP contribution >= 0.6 is 0 Å². The minimum Gasteiger partial charge on any atom is -0.461 e. The second-order valence-corrected chi connectivity index (χ2v) is 7.79. The Balaban J connectivity index is 1.64. The highest BCUT2D eigenvalue weighted by Crippen LogP contribution is 2.44.